The molecule has 3 rings (SSSR count). The molecule has 3 N–H and O–H groups in total. The van der Waals surface area contributed by atoms with E-state index < -0.39 is 29.7 Å². The Kier molecular flexibility index (Phi) is 12.4. The summed E-state index contributed by atoms with van der Waals surface area (Å²) >= 11 is 0. The third kappa shape index (κ3) is 10.1. The van der Waals surface area contributed by atoms with E-state index in [9.17, 15) is 23.5 Å². The fourth-order valence-corrected chi connectivity index (χ4v) is 4.86. The number of halogens is 2. The molecule has 3 aromatic carbocycles. The molecule has 0 bridgehead atoms. The summed E-state index contributed by atoms with van der Waals surface area (Å²) in [5.41, 5.74) is 2.91. The highest BCUT2D eigenvalue weighted by molar-refractivity contribution is 6.00. The zero-order chi connectivity index (χ0) is 29.8. The van der Waals surface area contributed by atoms with Crippen LogP contribution in [0.3, 0.4) is 0 Å². The maximum Gasteiger partial charge on any atom is 0.253 e. The normalized spacial score (nSPS) is 12.5. The summed E-state index contributed by atoms with van der Waals surface area (Å²) in [4.78, 5) is 28.4. The van der Waals surface area contributed by atoms with E-state index in [1.165, 1.54) is 12.1 Å². The fourth-order valence-electron chi connectivity index (χ4n) is 4.86. The van der Waals surface area contributed by atoms with Gasteiger partial charge in [0, 0.05) is 36.8 Å². The second-order valence-electron chi connectivity index (χ2n) is 10.4. The van der Waals surface area contributed by atoms with Crippen molar-refractivity contribution in [2.75, 3.05) is 26.2 Å². The number of nitrogens with zero attached hydrogens (tertiary/aromatic N) is 1. The lowest BCUT2D eigenvalue weighted by atomic mass is 9.99. The molecule has 0 saturated carbocycles. The van der Waals surface area contributed by atoms with Crippen molar-refractivity contribution >= 4 is 11.8 Å². The number of carbonyl (C=O) groups is 2. The highest BCUT2D eigenvalue weighted by atomic mass is 19.1. The summed E-state index contributed by atoms with van der Waals surface area (Å²) in [5.74, 6) is -2.08. The Hall–Kier alpha value is -3.62. The van der Waals surface area contributed by atoms with Gasteiger partial charge in [0.1, 0.15) is 11.6 Å². The summed E-state index contributed by atoms with van der Waals surface area (Å²) in [5, 5.41) is 17.1. The second-order valence-corrected chi connectivity index (χ2v) is 10.4. The minimum Gasteiger partial charge on any atom is -0.390 e. The number of aliphatic hydroxyl groups excluding tert-OH is 1. The van der Waals surface area contributed by atoms with Gasteiger partial charge in [0.2, 0.25) is 0 Å². The number of rotatable bonds is 15. The number of hydrogen-bond donors (Lipinski definition) is 3. The van der Waals surface area contributed by atoms with Crippen molar-refractivity contribution in [2.24, 2.45) is 0 Å². The van der Waals surface area contributed by atoms with Crippen molar-refractivity contribution in [3.63, 3.8) is 0 Å². The topological polar surface area (TPSA) is 81.7 Å². The third-order valence-electron chi connectivity index (χ3n) is 6.81. The Morgan fingerprint density at radius 2 is 1.51 bits per heavy atom. The molecule has 0 saturated heterocycles. The van der Waals surface area contributed by atoms with Gasteiger partial charge < -0.3 is 20.6 Å². The number of nitrogens with one attached hydrogen (secondary N) is 2. The van der Waals surface area contributed by atoms with Crippen molar-refractivity contribution in [1.29, 1.82) is 0 Å². The number of hydrogen-bond acceptors (Lipinski definition) is 4. The van der Waals surface area contributed by atoms with Gasteiger partial charge in [-0.15, -0.1) is 0 Å². The molecule has 3 aromatic rings. The molecule has 2 amide bonds. The zero-order valence-electron chi connectivity index (χ0n) is 24.1. The molecule has 0 aliphatic heterocycles. The summed E-state index contributed by atoms with van der Waals surface area (Å²) in [6.45, 7) is 7.85. The Morgan fingerprint density at radius 3 is 2.15 bits per heavy atom. The van der Waals surface area contributed by atoms with Crippen molar-refractivity contribution in [1.82, 2.24) is 15.5 Å². The zero-order valence-corrected chi connectivity index (χ0v) is 24.1. The Labute approximate surface area is 241 Å². The van der Waals surface area contributed by atoms with E-state index in [1.807, 2.05) is 51.1 Å². The lowest BCUT2D eigenvalue weighted by Gasteiger charge is -2.25. The summed E-state index contributed by atoms with van der Waals surface area (Å²) in [7, 11) is 0. The quantitative estimate of drug-likeness (QED) is 0.225. The molecule has 220 valence electrons. The molecule has 0 fully saturated rings. The van der Waals surface area contributed by atoms with Crippen LogP contribution in [0.1, 0.15) is 64.1 Å². The number of aliphatic hydroxyl groups is 1. The Bertz CT molecular complexity index is 1260. The van der Waals surface area contributed by atoms with E-state index in [-0.39, 0.29) is 24.4 Å². The van der Waals surface area contributed by atoms with Crippen LogP contribution in [0.15, 0.2) is 66.7 Å². The van der Waals surface area contributed by atoms with Gasteiger partial charge in [0.25, 0.3) is 11.8 Å². The van der Waals surface area contributed by atoms with Crippen LogP contribution in [0, 0.1) is 18.6 Å². The van der Waals surface area contributed by atoms with Gasteiger partial charge in [-0.2, -0.15) is 0 Å². The number of carbonyl (C=O) groups excluding carboxylic acids is 2. The molecule has 0 radical (unpaired) electrons. The molecule has 41 heavy (non-hydrogen) atoms. The highest BCUT2D eigenvalue weighted by Gasteiger charge is 2.24. The molecule has 0 spiro atoms. The van der Waals surface area contributed by atoms with Crippen molar-refractivity contribution in [3.05, 3.63) is 106 Å². The van der Waals surface area contributed by atoms with Gasteiger partial charge >= 0.3 is 0 Å². The van der Waals surface area contributed by atoms with Crippen LogP contribution in [0.5, 0.6) is 0 Å². The van der Waals surface area contributed by atoms with E-state index in [1.54, 1.807) is 23.1 Å². The largest absolute Gasteiger partial charge is 0.390 e. The molecule has 8 heteroatoms. The minimum absolute atomic E-state index is 0.0142. The fraction of sp³-hybridized carbons (Fsp3) is 0.394. The number of aryl methyl sites for hydroxylation is 1. The monoisotopic (exact) mass is 565 g/mol. The summed E-state index contributed by atoms with van der Waals surface area (Å²) in [6, 6.07) is 17.2. The van der Waals surface area contributed by atoms with E-state index in [0.29, 0.717) is 30.8 Å². The highest BCUT2D eigenvalue weighted by Crippen LogP contribution is 2.16. The van der Waals surface area contributed by atoms with Crippen LogP contribution < -0.4 is 10.6 Å². The molecule has 0 aliphatic carbocycles. The van der Waals surface area contributed by atoms with E-state index >= 15 is 0 Å². The van der Waals surface area contributed by atoms with Gasteiger partial charge in [-0.1, -0.05) is 44.2 Å². The average molecular weight is 566 g/mol. The van der Waals surface area contributed by atoms with E-state index in [4.69, 9.17) is 0 Å². The summed E-state index contributed by atoms with van der Waals surface area (Å²) < 4.78 is 27.8. The standard InChI is InChI=1S/C33H41F2N3O3/c1-4-13-38(14-5-2)33(41)27-16-23(3)15-26(20-27)32(40)37-30(19-25-17-28(34)21-29(35)18-25)31(39)22-36-12-11-24-9-7-6-8-10-24/h6-10,15-18,20-21,30-31,36,39H,4-5,11-14,19,22H2,1-3H3,(H,37,40)/t30-,31+/m0/s1. The van der Waals surface area contributed by atoms with E-state index in [0.717, 1.165) is 36.5 Å². The van der Waals surface area contributed by atoms with Crippen LogP contribution in [0.2, 0.25) is 0 Å². The maximum absolute atomic E-state index is 13.9. The predicted molar refractivity (Wildman–Crippen MR) is 158 cm³/mol. The summed E-state index contributed by atoms with van der Waals surface area (Å²) in [6.07, 6.45) is 1.37. The van der Waals surface area contributed by atoms with Crippen LogP contribution >= 0.6 is 0 Å². The van der Waals surface area contributed by atoms with Crippen LogP contribution in [-0.2, 0) is 12.8 Å². The van der Waals surface area contributed by atoms with Crippen LogP contribution in [0.25, 0.3) is 0 Å². The van der Waals surface area contributed by atoms with Gasteiger partial charge in [0.05, 0.1) is 12.1 Å². The SMILES string of the molecule is CCCN(CCC)C(=O)c1cc(C)cc(C(=O)N[C@@H](Cc2cc(F)cc(F)c2)[C@H](O)CNCCc2ccccc2)c1. The average Bonchev–Trinajstić information content (AvgIpc) is 2.94. The minimum atomic E-state index is -1.04. The van der Waals surface area contributed by atoms with Crippen molar-refractivity contribution < 1.29 is 23.5 Å². The number of amides is 2. The second kappa shape index (κ2) is 16.0. The Balaban J connectivity index is 1.77. The molecular formula is C33H41F2N3O3. The van der Waals surface area contributed by atoms with Gasteiger partial charge in [-0.3, -0.25) is 9.59 Å². The maximum atomic E-state index is 13.9. The lowest BCUT2D eigenvalue weighted by molar-refractivity contribution is 0.0755. The molecule has 0 unspecified atom stereocenters. The van der Waals surface area contributed by atoms with Crippen molar-refractivity contribution in [2.45, 2.75) is 58.6 Å². The molecule has 6 nitrogen and oxygen atoms in total. The first-order chi connectivity index (χ1) is 19.7. The third-order valence-corrected chi connectivity index (χ3v) is 6.81. The predicted octanol–water partition coefficient (Wildman–Crippen LogP) is 5.07. The molecule has 0 aromatic heterocycles. The molecular weight excluding hydrogens is 524 g/mol. The van der Waals surface area contributed by atoms with E-state index in [2.05, 4.69) is 10.6 Å². The first kappa shape index (κ1) is 31.9. The smallest absolute Gasteiger partial charge is 0.253 e. The van der Waals surface area contributed by atoms with Gasteiger partial charge in [-0.25, -0.2) is 8.78 Å². The van der Waals surface area contributed by atoms with Gasteiger partial charge in [0.15, 0.2) is 0 Å². The molecule has 2 atom stereocenters. The first-order valence-corrected chi connectivity index (χ1v) is 14.3. The lowest BCUT2D eigenvalue weighted by Crippen LogP contribution is -2.49. The first-order valence-electron chi connectivity index (χ1n) is 14.3. The van der Waals surface area contributed by atoms with Crippen molar-refractivity contribution in [3.8, 4) is 0 Å². The van der Waals surface area contributed by atoms with Crippen LogP contribution in [0.4, 0.5) is 8.78 Å². The molecule has 0 heterocycles. The van der Waals surface area contributed by atoms with Gasteiger partial charge in [-0.05, 0) is 86.2 Å². The Morgan fingerprint density at radius 1 is 0.878 bits per heavy atom. The van der Waals surface area contributed by atoms with Crippen LogP contribution in [-0.4, -0.2) is 60.1 Å². The number of benzene rings is 3. The molecule has 0 aliphatic rings.